The van der Waals surface area contributed by atoms with Crippen LogP contribution in [0.25, 0.3) is 5.69 Å². The highest BCUT2D eigenvalue weighted by molar-refractivity contribution is 5.33. The highest BCUT2D eigenvalue weighted by Gasteiger charge is 2.13. The Bertz CT molecular complexity index is 482. The number of nitrogens with zero attached hydrogens (tertiary/aromatic N) is 4. The van der Waals surface area contributed by atoms with Gasteiger partial charge in [0.1, 0.15) is 5.69 Å². The van der Waals surface area contributed by atoms with Crippen LogP contribution in [0.5, 0.6) is 0 Å². The van der Waals surface area contributed by atoms with Crippen molar-refractivity contribution in [3.8, 4) is 5.69 Å². The first-order valence-electron chi connectivity index (χ1n) is 4.15. The zero-order chi connectivity index (χ0) is 10.8. The molecule has 0 atom stereocenters. The fourth-order valence-corrected chi connectivity index (χ4v) is 1.18. The maximum Gasteiger partial charge on any atom is 0.184 e. The smallest absolute Gasteiger partial charge is 0.184 e. The summed E-state index contributed by atoms with van der Waals surface area (Å²) < 4.78 is 27.3. The number of hydrogen-bond acceptors (Lipinski definition) is 4. The van der Waals surface area contributed by atoms with Crippen molar-refractivity contribution in [2.75, 3.05) is 0 Å². The quantitative estimate of drug-likeness (QED) is 0.780. The van der Waals surface area contributed by atoms with Gasteiger partial charge in [-0.1, -0.05) is 6.07 Å². The molecule has 2 N–H and O–H groups in total. The van der Waals surface area contributed by atoms with E-state index in [2.05, 4.69) is 15.5 Å². The number of halogens is 2. The molecule has 0 amide bonds. The van der Waals surface area contributed by atoms with Gasteiger partial charge in [-0.15, -0.1) is 5.10 Å². The van der Waals surface area contributed by atoms with Crippen molar-refractivity contribution in [3.63, 3.8) is 0 Å². The van der Waals surface area contributed by atoms with Crippen LogP contribution in [0.4, 0.5) is 8.78 Å². The number of nitrogens with two attached hydrogens (primary N) is 1. The monoisotopic (exact) mass is 211 g/mol. The second-order valence-electron chi connectivity index (χ2n) is 2.78. The van der Waals surface area contributed by atoms with E-state index in [1.807, 2.05) is 0 Å². The van der Waals surface area contributed by atoms with Gasteiger partial charge >= 0.3 is 0 Å². The van der Waals surface area contributed by atoms with E-state index >= 15 is 0 Å². The number of tetrazole rings is 1. The van der Waals surface area contributed by atoms with Gasteiger partial charge in [-0.2, -0.15) is 4.68 Å². The average Bonchev–Trinajstić information content (AvgIpc) is 2.70. The molecule has 1 heterocycles. The molecule has 2 aromatic rings. The van der Waals surface area contributed by atoms with E-state index in [0.717, 1.165) is 10.7 Å². The van der Waals surface area contributed by atoms with Gasteiger partial charge in [0.25, 0.3) is 0 Å². The van der Waals surface area contributed by atoms with Crippen molar-refractivity contribution >= 4 is 0 Å². The molecule has 15 heavy (non-hydrogen) atoms. The average molecular weight is 211 g/mol. The van der Waals surface area contributed by atoms with Crippen LogP contribution in [-0.4, -0.2) is 20.2 Å². The van der Waals surface area contributed by atoms with E-state index in [1.54, 1.807) is 0 Å². The van der Waals surface area contributed by atoms with E-state index in [1.165, 1.54) is 12.1 Å². The predicted octanol–water partition coefficient (Wildman–Crippen LogP) is 0.399. The van der Waals surface area contributed by atoms with Crippen LogP contribution < -0.4 is 5.73 Å². The Morgan fingerprint density at radius 2 is 2.13 bits per heavy atom. The van der Waals surface area contributed by atoms with Gasteiger partial charge in [0.15, 0.2) is 17.5 Å². The molecule has 0 saturated carbocycles. The molecule has 0 aliphatic rings. The van der Waals surface area contributed by atoms with Gasteiger partial charge in [-0.05, 0) is 22.6 Å². The summed E-state index contributed by atoms with van der Waals surface area (Å²) in [7, 11) is 0. The van der Waals surface area contributed by atoms with Gasteiger partial charge in [-0.25, -0.2) is 8.78 Å². The lowest BCUT2D eigenvalue weighted by Crippen LogP contribution is -2.10. The lowest BCUT2D eigenvalue weighted by Gasteiger charge is -2.04. The Hall–Kier alpha value is -1.89. The lowest BCUT2D eigenvalue weighted by molar-refractivity contribution is 0.499. The minimum Gasteiger partial charge on any atom is -0.324 e. The minimum atomic E-state index is -1.00. The minimum absolute atomic E-state index is 0.0446. The zero-order valence-corrected chi connectivity index (χ0v) is 7.56. The topological polar surface area (TPSA) is 69.6 Å². The molecule has 1 aromatic heterocycles. The van der Waals surface area contributed by atoms with Crippen molar-refractivity contribution in [2.45, 2.75) is 6.54 Å². The number of benzene rings is 1. The third-order valence-corrected chi connectivity index (χ3v) is 1.88. The largest absolute Gasteiger partial charge is 0.324 e. The van der Waals surface area contributed by atoms with Gasteiger partial charge in [0.05, 0.1) is 6.54 Å². The molecule has 0 radical (unpaired) electrons. The molecule has 0 bridgehead atoms. The van der Waals surface area contributed by atoms with Crippen molar-refractivity contribution in [2.24, 2.45) is 5.73 Å². The summed E-state index contributed by atoms with van der Waals surface area (Å²) in [6.07, 6.45) is 0. The Labute approximate surface area is 83.5 Å². The molecule has 5 nitrogen and oxygen atoms in total. The highest BCUT2D eigenvalue weighted by Crippen LogP contribution is 2.15. The highest BCUT2D eigenvalue weighted by atomic mass is 19.2. The summed E-state index contributed by atoms with van der Waals surface area (Å²) in [6, 6.07) is 3.76. The standard InChI is InChI=1S/C8H7F2N5/c9-5-2-1-3-6(8(5)10)15-7(4-11)12-13-14-15/h1-3H,4,11H2. The maximum atomic E-state index is 13.3. The SMILES string of the molecule is NCc1nnnn1-c1cccc(F)c1F. The second-order valence-corrected chi connectivity index (χ2v) is 2.78. The van der Waals surface area contributed by atoms with E-state index in [4.69, 9.17) is 5.73 Å². The van der Waals surface area contributed by atoms with Crippen LogP contribution in [-0.2, 0) is 6.54 Å². The zero-order valence-electron chi connectivity index (χ0n) is 7.56. The third kappa shape index (κ3) is 1.57. The Balaban J connectivity index is 2.59. The molecule has 1 aromatic carbocycles. The first-order valence-corrected chi connectivity index (χ1v) is 4.15. The fourth-order valence-electron chi connectivity index (χ4n) is 1.18. The molecule has 0 spiro atoms. The summed E-state index contributed by atoms with van der Waals surface area (Å²) in [4.78, 5) is 0. The molecule has 2 rings (SSSR count). The first kappa shape index (κ1) is 9.66. The van der Waals surface area contributed by atoms with Crippen LogP contribution in [0.15, 0.2) is 18.2 Å². The molecular weight excluding hydrogens is 204 g/mol. The summed E-state index contributed by atoms with van der Waals surface area (Å²) >= 11 is 0. The molecule has 0 aliphatic carbocycles. The summed E-state index contributed by atoms with van der Waals surface area (Å²) in [5.74, 6) is -1.69. The van der Waals surface area contributed by atoms with E-state index in [-0.39, 0.29) is 18.1 Å². The van der Waals surface area contributed by atoms with Gasteiger partial charge < -0.3 is 5.73 Å². The van der Waals surface area contributed by atoms with E-state index in [9.17, 15) is 8.78 Å². The van der Waals surface area contributed by atoms with Crippen LogP contribution in [0, 0.1) is 11.6 Å². The molecule has 0 fully saturated rings. The maximum absolute atomic E-state index is 13.3. The van der Waals surface area contributed by atoms with Crippen molar-refractivity contribution in [1.82, 2.24) is 20.2 Å². The number of rotatable bonds is 2. The van der Waals surface area contributed by atoms with Crippen LogP contribution in [0.3, 0.4) is 0 Å². The first-order chi connectivity index (χ1) is 7.24. The fraction of sp³-hybridized carbons (Fsp3) is 0.125. The van der Waals surface area contributed by atoms with Crippen molar-refractivity contribution in [1.29, 1.82) is 0 Å². The number of aromatic nitrogens is 4. The Morgan fingerprint density at radius 1 is 1.33 bits per heavy atom. The number of hydrogen-bond donors (Lipinski definition) is 1. The molecular formula is C8H7F2N5. The van der Waals surface area contributed by atoms with Gasteiger partial charge in [0.2, 0.25) is 0 Å². The normalized spacial score (nSPS) is 10.6. The molecule has 78 valence electrons. The molecule has 0 saturated heterocycles. The predicted molar refractivity (Wildman–Crippen MR) is 47.0 cm³/mol. The van der Waals surface area contributed by atoms with Crippen molar-refractivity contribution in [3.05, 3.63) is 35.7 Å². The van der Waals surface area contributed by atoms with Crippen molar-refractivity contribution < 1.29 is 8.78 Å². The van der Waals surface area contributed by atoms with Crippen LogP contribution >= 0.6 is 0 Å². The van der Waals surface area contributed by atoms with Crippen LogP contribution in [0.2, 0.25) is 0 Å². The third-order valence-electron chi connectivity index (χ3n) is 1.88. The summed E-state index contributed by atoms with van der Waals surface area (Å²) in [6.45, 7) is 0.0446. The van der Waals surface area contributed by atoms with E-state index < -0.39 is 11.6 Å². The Morgan fingerprint density at radius 3 is 2.87 bits per heavy atom. The summed E-state index contributed by atoms with van der Waals surface area (Å²) in [5, 5.41) is 10.4. The van der Waals surface area contributed by atoms with E-state index in [0.29, 0.717) is 0 Å². The second kappa shape index (κ2) is 3.70. The van der Waals surface area contributed by atoms with Crippen LogP contribution in [0.1, 0.15) is 5.82 Å². The molecule has 0 unspecified atom stereocenters. The summed E-state index contributed by atoms with van der Waals surface area (Å²) in [5.41, 5.74) is 5.29. The van der Waals surface area contributed by atoms with Gasteiger partial charge in [0, 0.05) is 0 Å². The Kier molecular flexibility index (Phi) is 2.38. The molecule has 7 heteroatoms. The van der Waals surface area contributed by atoms with Gasteiger partial charge in [-0.3, -0.25) is 0 Å². The lowest BCUT2D eigenvalue weighted by atomic mass is 10.3. The molecule has 0 aliphatic heterocycles.